The van der Waals surface area contributed by atoms with Crippen molar-refractivity contribution in [1.29, 1.82) is 0 Å². The van der Waals surface area contributed by atoms with Gasteiger partial charge in [0.05, 0.1) is 29.3 Å². The van der Waals surface area contributed by atoms with Gasteiger partial charge in [0.2, 0.25) is 11.8 Å². The van der Waals surface area contributed by atoms with Gasteiger partial charge in [0, 0.05) is 30.0 Å². The molecule has 6 unspecified atom stereocenters. The number of rotatable bonds is 5. The van der Waals surface area contributed by atoms with Crippen LogP contribution in [0.5, 0.6) is 5.75 Å². The molecule has 0 radical (unpaired) electrons. The largest absolute Gasteiger partial charge is 0.505 e. The maximum atomic E-state index is 13.9. The topological polar surface area (TPSA) is 187 Å². The molecule has 1 aromatic carbocycles. The van der Waals surface area contributed by atoms with Gasteiger partial charge in [-0.3, -0.25) is 38.6 Å². The third-order valence-electron chi connectivity index (χ3n) is 9.39. The molecule has 0 aromatic heterocycles. The van der Waals surface area contributed by atoms with E-state index in [4.69, 9.17) is 5.73 Å². The van der Waals surface area contributed by atoms with E-state index in [0.29, 0.717) is 10.8 Å². The van der Waals surface area contributed by atoms with E-state index in [9.17, 15) is 39.0 Å². The predicted octanol–water partition coefficient (Wildman–Crippen LogP) is -0.369. The molecule has 0 bridgehead atoms. The van der Waals surface area contributed by atoms with Crippen molar-refractivity contribution < 1.29 is 39.0 Å². The Balaban J connectivity index is 1.47. The van der Waals surface area contributed by atoms with Crippen molar-refractivity contribution >= 4 is 52.4 Å². The van der Waals surface area contributed by atoms with E-state index in [2.05, 4.69) is 12.2 Å². The summed E-state index contributed by atoms with van der Waals surface area (Å²) in [7, 11) is 3.07. The number of phenolic OH excluding ortho intramolecular Hbond substituents is 1. The Morgan fingerprint density at radius 3 is 2.50 bits per heavy atom. The first-order valence-electron chi connectivity index (χ1n) is 14.1. The van der Waals surface area contributed by atoms with Gasteiger partial charge in [0.25, 0.3) is 0 Å². The number of anilines is 1. The number of Topliss-reactive ketones (excluding diaryl/α,β-unsaturated/α-hetero) is 4. The molecule has 8 atom stereocenters. The second-order valence-corrected chi connectivity index (χ2v) is 13.7. The number of carbonyl (C=O) groups excluding carboxylic acids is 6. The molecule has 2 saturated carbocycles. The van der Waals surface area contributed by atoms with Gasteiger partial charge >= 0.3 is 0 Å². The standard InChI is InChI=1S/C29H36N4O8S/c1-12-11-33(7-8-42-12)13(2)28(40)31-17-6-5-14-9-15-10-16-21(32(3)4)24(36)20(27(30)39)26(38)29(16,41)25(37)19(15)23(35)18(14)22(17)34/h5-6,12-13,15-16,19-21,34,41H,7-11H2,1-4H3,(H2,30,39)(H,31,40)/t12?,13?,15?,16?,19?,20?,21-,29-/m0/s1. The summed E-state index contributed by atoms with van der Waals surface area (Å²) in [6.45, 7) is 5.34. The van der Waals surface area contributed by atoms with Gasteiger partial charge in [0.1, 0.15) is 5.75 Å². The maximum Gasteiger partial charge on any atom is 0.241 e. The molecule has 12 nitrogen and oxygen atoms in total. The Morgan fingerprint density at radius 1 is 1.19 bits per heavy atom. The summed E-state index contributed by atoms with van der Waals surface area (Å²) in [6, 6.07) is 1.48. The number of carbonyl (C=O) groups is 6. The number of nitrogens with two attached hydrogens (primary N) is 1. The number of hydrogen-bond donors (Lipinski definition) is 4. The lowest BCUT2D eigenvalue weighted by atomic mass is 9.52. The van der Waals surface area contributed by atoms with Crippen molar-refractivity contribution in [2.24, 2.45) is 29.4 Å². The fourth-order valence-electron chi connectivity index (χ4n) is 7.28. The quantitative estimate of drug-likeness (QED) is 0.255. The molecule has 5 N–H and O–H groups in total. The number of nitrogens with one attached hydrogen (secondary N) is 1. The fraction of sp³-hybridized carbons (Fsp3) is 0.586. The van der Waals surface area contributed by atoms with Crippen molar-refractivity contribution in [2.75, 3.05) is 38.3 Å². The lowest BCUT2D eigenvalue weighted by Gasteiger charge is -2.52. The summed E-state index contributed by atoms with van der Waals surface area (Å²) >= 11 is 1.83. The molecular weight excluding hydrogens is 564 g/mol. The van der Waals surface area contributed by atoms with Crippen molar-refractivity contribution in [3.8, 4) is 5.75 Å². The lowest BCUT2D eigenvalue weighted by molar-refractivity contribution is -0.181. The first-order valence-corrected chi connectivity index (χ1v) is 15.1. The average Bonchev–Trinajstić information content (AvgIpc) is 2.91. The van der Waals surface area contributed by atoms with Crippen LogP contribution in [0.1, 0.15) is 36.2 Å². The monoisotopic (exact) mass is 600 g/mol. The Labute approximate surface area is 247 Å². The highest BCUT2D eigenvalue weighted by atomic mass is 32.2. The van der Waals surface area contributed by atoms with Crippen LogP contribution >= 0.6 is 11.8 Å². The number of aromatic hydroxyl groups is 1. The Bertz CT molecular complexity index is 1400. The molecule has 3 aliphatic carbocycles. The highest BCUT2D eigenvalue weighted by Gasteiger charge is 2.69. The fourth-order valence-corrected chi connectivity index (χ4v) is 8.32. The second kappa shape index (κ2) is 10.9. The Hall–Kier alpha value is -3.13. The van der Waals surface area contributed by atoms with Gasteiger partial charge in [0.15, 0.2) is 34.7 Å². The van der Waals surface area contributed by atoms with E-state index in [-0.39, 0.29) is 30.0 Å². The number of primary amides is 1. The van der Waals surface area contributed by atoms with E-state index in [1.165, 1.54) is 25.1 Å². The molecule has 13 heteroatoms. The highest BCUT2D eigenvalue weighted by molar-refractivity contribution is 7.99. The molecule has 226 valence electrons. The van der Waals surface area contributed by atoms with Crippen LogP contribution in [0, 0.1) is 23.7 Å². The minimum atomic E-state index is -2.78. The first-order chi connectivity index (χ1) is 19.7. The molecule has 4 aliphatic rings. The normalized spacial score (nSPS) is 34.0. The van der Waals surface area contributed by atoms with E-state index < -0.39 is 76.1 Å². The Morgan fingerprint density at radius 2 is 1.88 bits per heavy atom. The van der Waals surface area contributed by atoms with Crippen LogP contribution in [0.4, 0.5) is 5.69 Å². The number of likely N-dealkylation sites (N-methyl/N-ethyl adjacent to an activating group) is 1. The van der Waals surface area contributed by atoms with Crippen LogP contribution in [0.15, 0.2) is 12.1 Å². The molecule has 1 saturated heterocycles. The Kier molecular flexibility index (Phi) is 7.84. The zero-order valence-electron chi connectivity index (χ0n) is 24.0. The van der Waals surface area contributed by atoms with Gasteiger partial charge in [-0.1, -0.05) is 13.0 Å². The number of aliphatic hydroxyl groups is 1. The molecule has 5 rings (SSSR count). The number of thioether (sulfide) groups is 1. The van der Waals surface area contributed by atoms with Gasteiger partial charge in [-0.05, 0) is 51.4 Å². The number of amides is 2. The van der Waals surface area contributed by atoms with Gasteiger partial charge in [-0.25, -0.2) is 0 Å². The molecular formula is C29H36N4O8S. The smallest absolute Gasteiger partial charge is 0.241 e. The minimum absolute atomic E-state index is 0.0116. The lowest BCUT2D eigenvalue weighted by Crippen LogP contribution is -2.74. The molecule has 3 fully saturated rings. The molecule has 1 aromatic rings. The van der Waals surface area contributed by atoms with E-state index in [1.807, 2.05) is 16.7 Å². The van der Waals surface area contributed by atoms with Crippen LogP contribution in [0.25, 0.3) is 0 Å². The van der Waals surface area contributed by atoms with Crippen LogP contribution in [0.2, 0.25) is 0 Å². The molecule has 0 spiro atoms. The number of hydrogen-bond acceptors (Lipinski definition) is 11. The zero-order chi connectivity index (χ0) is 30.8. The van der Waals surface area contributed by atoms with Crippen molar-refractivity contribution in [1.82, 2.24) is 9.80 Å². The van der Waals surface area contributed by atoms with Crippen LogP contribution < -0.4 is 11.1 Å². The first kappa shape index (κ1) is 30.3. The summed E-state index contributed by atoms with van der Waals surface area (Å²) in [4.78, 5) is 83.0. The number of nitrogens with zero attached hydrogens (tertiary/aromatic N) is 2. The summed E-state index contributed by atoms with van der Waals surface area (Å²) in [5.74, 6) is -10.6. The third kappa shape index (κ3) is 4.57. The second-order valence-electron chi connectivity index (χ2n) is 12.1. The van der Waals surface area contributed by atoms with E-state index in [0.717, 1.165) is 18.8 Å². The van der Waals surface area contributed by atoms with Gasteiger partial charge in [-0.15, -0.1) is 0 Å². The number of phenols is 1. The van der Waals surface area contributed by atoms with Crippen molar-refractivity contribution in [3.63, 3.8) is 0 Å². The molecule has 2 amide bonds. The SMILES string of the molecule is CC1CN(C(C)C(=O)Nc2ccc3c(c2O)C(=O)C2C(=O)[C@]4(O)C(=O)C(C(N)=O)C(=O)[C@@H](N(C)C)C4CC2C3)CCS1. The third-order valence-corrected chi connectivity index (χ3v) is 10.5. The summed E-state index contributed by atoms with van der Waals surface area (Å²) in [5, 5.41) is 25.9. The van der Waals surface area contributed by atoms with Gasteiger partial charge < -0.3 is 21.3 Å². The maximum absolute atomic E-state index is 13.9. The van der Waals surface area contributed by atoms with E-state index >= 15 is 0 Å². The van der Waals surface area contributed by atoms with Gasteiger partial charge in [-0.2, -0.15) is 11.8 Å². The minimum Gasteiger partial charge on any atom is -0.505 e. The zero-order valence-corrected chi connectivity index (χ0v) is 24.8. The highest BCUT2D eigenvalue weighted by Crippen LogP contribution is 2.51. The molecule has 1 heterocycles. The predicted molar refractivity (Wildman–Crippen MR) is 153 cm³/mol. The number of fused-ring (bicyclic) bond motifs is 3. The average molecular weight is 601 g/mol. The van der Waals surface area contributed by atoms with Crippen LogP contribution in [0.3, 0.4) is 0 Å². The molecule has 42 heavy (non-hydrogen) atoms. The van der Waals surface area contributed by atoms with Crippen molar-refractivity contribution in [3.05, 3.63) is 23.3 Å². The van der Waals surface area contributed by atoms with E-state index in [1.54, 1.807) is 13.0 Å². The summed E-state index contributed by atoms with van der Waals surface area (Å²) in [6.07, 6.45) is 0.139. The summed E-state index contributed by atoms with van der Waals surface area (Å²) in [5.41, 5.74) is 2.88. The summed E-state index contributed by atoms with van der Waals surface area (Å²) < 4.78 is 0. The van der Waals surface area contributed by atoms with Crippen LogP contribution in [-0.2, 0) is 30.4 Å². The number of ketones is 4. The van der Waals surface area contributed by atoms with Crippen molar-refractivity contribution in [2.45, 2.75) is 49.6 Å². The number of benzene rings is 1. The molecule has 1 aliphatic heterocycles. The van der Waals surface area contributed by atoms with Crippen LogP contribution in [-0.4, -0.2) is 111 Å².